The fraction of sp³-hybridized carbons (Fsp3) is 0.370. The van der Waals surface area contributed by atoms with Gasteiger partial charge in [0.05, 0.1) is 23.0 Å². The van der Waals surface area contributed by atoms with Crippen LogP contribution in [0.25, 0.3) is 16.9 Å². The van der Waals surface area contributed by atoms with E-state index >= 15 is 0 Å². The van der Waals surface area contributed by atoms with E-state index in [1.807, 2.05) is 6.92 Å². The zero-order valence-electron chi connectivity index (χ0n) is 23.4. The van der Waals surface area contributed by atoms with Crippen LogP contribution in [0.1, 0.15) is 80.3 Å². The fourth-order valence-electron chi connectivity index (χ4n) is 5.96. The molecular weight excluding hydrogens is 492 g/mol. The number of rotatable bonds is 4. The van der Waals surface area contributed by atoms with Crippen molar-refractivity contribution in [1.82, 2.24) is 29.5 Å². The van der Waals surface area contributed by atoms with E-state index in [0.29, 0.717) is 34.0 Å². The van der Waals surface area contributed by atoms with Gasteiger partial charge in [-0.05, 0) is 50.3 Å². The van der Waals surface area contributed by atoms with E-state index in [-0.39, 0.29) is 23.3 Å². The molecule has 0 spiro atoms. The highest BCUT2D eigenvalue weighted by Crippen LogP contribution is 2.53. The third-order valence-corrected chi connectivity index (χ3v) is 7.99. The summed E-state index contributed by atoms with van der Waals surface area (Å²) in [5, 5.41) is 4.67. The first-order chi connectivity index (χ1) is 19.5. The maximum atomic E-state index is 13.6. The molecule has 38 heavy (non-hydrogen) atoms. The quantitative estimate of drug-likeness (QED) is 0.431. The molecule has 1 aliphatic heterocycles. The first-order valence-corrected chi connectivity index (χ1v) is 12.4. The zero-order valence-corrected chi connectivity index (χ0v) is 20.4. The number of nitrogens with two attached hydrogens (primary N) is 1. The van der Waals surface area contributed by atoms with Crippen molar-refractivity contribution in [3.63, 3.8) is 0 Å². The summed E-state index contributed by atoms with van der Waals surface area (Å²) in [5.74, 6) is -1.05. The molecule has 7 rings (SSSR count). The van der Waals surface area contributed by atoms with Crippen LogP contribution >= 0.6 is 0 Å². The molecule has 1 aromatic carbocycles. The summed E-state index contributed by atoms with van der Waals surface area (Å²) in [7, 11) is 0. The molecule has 0 saturated heterocycles. The van der Waals surface area contributed by atoms with Crippen LogP contribution < -0.4 is 10.5 Å². The number of alkyl halides is 2. The molecule has 1 fully saturated rings. The Morgan fingerprint density at radius 1 is 1.24 bits per heavy atom. The van der Waals surface area contributed by atoms with E-state index in [0.717, 1.165) is 29.7 Å². The number of benzene rings is 1. The third kappa shape index (κ3) is 3.20. The third-order valence-electron chi connectivity index (χ3n) is 7.99. The second kappa shape index (κ2) is 8.00. The highest BCUT2D eigenvalue weighted by atomic mass is 19.3. The number of ether oxygens (including phenoxy) is 1. The average Bonchev–Trinajstić information content (AvgIpc) is 3.38. The number of hydrogen-bond donors (Lipinski definition) is 1. The standard InChI is InChI=1S/C27H25F2N7O2/c1-13-12-36-23(33-21(13)14-10-31-25(32-11-14)27(30)7-4-8-27)20-16-9-17(22(20)34-36)35(2)24(37)15-5-3-6-18(19(15)16)38-26(28)29/h3,5-6,10-12,16-17,26H,4,7-9,30H2,1-2H3/t16-,17-/m1/s1/i2D3. The summed E-state index contributed by atoms with van der Waals surface area (Å²) in [5.41, 5.74) is 9.43. The van der Waals surface area contributed by atoms with E-state index in [2.05, 4.69) is 15.1 Å². The second-order valence-corrected chi connectivity index (χ2v) is 10.2. The summed E-state index contributed by atoms with van der Waals surface area (Å²) >= 11 is 0. The molecule has 9 nitrogen and oxygen atoms in total. The number of carbonyl (C=O) groups is 1. The van der Waals surface area contributed by atoms with Gasteiger partial charge >= 0.3 is 6.61 Å². The van der Waals surface area contributed by atoms with E-state index in [1.54, 1.807) is 23.1 Å². The minimum Gasteiger partial charge on any atom is -0.434 e. The lowest BCUT2D eigenvalue weighted by Gasteiger charge is -2.36. The first-order valence-electron chi connectivity index (χ1n) is 13.9. The Morgan fingerprint density at radius 3 is 2.71 bits per heavy atom. The molecule has 2 atom stereocenters. The lowest BCUT2D eigenvalue weighted by atomic mass is 9.77. The van der Waals surface area contributed by atoms with Gasteiger partial charge in [0.15, 0.2) is 5.65 Å². The maximum Gasteiger partial charge on any atom is 0.387 e. The summed E-state index contributed by atoms with van der Waals surface area (Å²) in [6.07, 6.45) is 7.95. The largest absolute Gasteiger partial charge is 0.434 e. The van der Waals surface area contributed by atoms with Crippen molar-refractivity contribution in [1.29, 1.82) is 0 Å². The molecule has 3 aliphatic rings. The van der Waals surface area contributed by atoms with Crippen LogP contribution in [0, 0.1) is 6.92 Å². The van der Waals surface area contributed by atoms with Crippen LogP contribution in [0.2, 0.25) is 0 Å². The number of halogens is 2. The monoisotopic (exact) mass is 520 g/mol. The molecule has 1 amide bonds. The molecule has 1 saturated carbocycles. The topological polar surface area (TPSA) is 112 Å². The second-order valence-electron chi connectivity index (χ2n) is 10.2. The first kappa shape index (κ1) is 20.0. The van der Waals surface area contributed by atoms with Crippen LogP contribution in [-0.4, -0.2) is 49.0 Å². The molecule has 11 heteroatoms. The highest BCUT2D eigenvalue weighted by Gasteiger charge is 2.46. The van der Waals surface area contributed by atoms with Crippen molar-refractivity contribution in [3.05, 3.63) is 70.6 Å². The van der Waals surface area contributed by atoms with E-state index in [9.17, 15) is 13.6 Å². The molecule has 4 aromatic rings. The van der Waals surface area contributed by atoms with E-state index < -0.39 is 37.0 Å². The minimum absolute atomic E-state index is 0.000179. The van der Waals surface area contributed by atoms with Crippen LogP contribution in [0.3, 0.4) is 0 Å². The molecule has 2 N–H and O–H groups in total. The number of hydrogen-bond acceptors (Lipinski definition) is 7. The Balaban J connectivity index is 1.42. The Labute approximate surface area is 220 Å². The number of amides is 1. The van der Waals surface area contributed by atoms with Crippen molar-refractivity contribution < 1.29 is 22.4 Å². The van der Waals surface area contributed by atoms with Crippen molar-refractivity contribution in [2.45, 2.75) is 56.7 Å². The number of carbonyl (C=O) groups excluding carboxylic acids is 1. The number of aryl methyl sites for hydroxylation is 1. The van der Waals surface area contributed by atoms with Crippen molar-refractivity contribution in [2.75, 3.05) is 6.98 Å². The van der Waals surface area contributed by atoms with Gasteiger partial charge in [-0.25, -0.2) is 19.5 Å². The predicted molar refractivity (Wildman–Crippen MR) is 133 cm³/mol. The van der Waals surface area contributed by atoms with Crippen molar-refractivity contribution in [3.8, 4) is 17.0 Å². The van der Waals surface area contributed by atoms with Gasteiger partial charge in [0.2, 0.25) is 0 Å². The summed E-state index contributed by atoms with van der Waals surface area (Å²) in [6, 6.07) is 3.28. The van der Waals surface area contributed by atoms with Gasteiger partial charge in [0.25, 0.3) is 5.91 Å². The number of aromatic nitrogens is 5. The lowest BCUT2D eigenvalue weighted by Crippen LogP contribution is -2.44. The van der Waals surface area contributed by atoms with Gasteiger partial charge in [-0.2, -0.15) is 13.9 Å². The fourth-order valence-corrected chi connectivity index (χ4v) is 5.96. The van der Waals surface area contributed by atoms with E-state index in [4.69, 9.17) is 19.6 Å². The highest BCUT2D eigenvalue weighted by molar-refractivity contribution is 5.98. The van der Waals surface area contributed by atoms with Gasteiger partial charge in [0.1, 0.15) is 11.6 Å². The van der Waals surface area contributed by atoms with Crippen LogP contribution in [0.15, 0.2) is 36.8 Å². The molecule has 0 unspecified atom stereocenters. The van der Waals surface area contributed by atoms with Gasteiger partial charge in [-0.3, -0.25) is 4.79 Å². The summed E-state index contributed by atoms with van der Waals surface area (Å²) in [6.45, 7) is -4.09. The molecule has 0 radical (unpaired) electrons. The smallest absolute Gasteiger partial charge is 0.387 e. The van der Waals surface area contributed by atoms with Gasteiger partial charge in [-0.15, -0.1) is 0 Å². The molecule has 2 bridgehead atoms. The minimum atomic E-state index is -3.14. The van der Waals surface area contributed by atoms with Crippen molar-refractivity contribution in [2.24, 2.45) is 5.73 Å². The molecular formula is C27H25F2N7O2. The Kier molecular flexibility index (Phi) is 4.22. The van der Waals surface area contributed by atoms with Gasteiger partial charge in [0, 0.05) is 57.9 Å². The molecule has 2 aliphatic carbocycles. The normalized spacial score (nSPS) is 22.8. The maximum absolute atomic E-state index is 13.6. The summed E-state index contributed by atoms with van der Waals surface area (Å²) < 4.78 is 57.8. The Hall–Kier alpha value is -3.99. The Bertz CT molecular complexity index is 1720. The number of nitrogens with zero attached hydrogens (tertiary/aromatic N) is 6. The number of fused-ring (bicyclic) bond motifs is 9. The SMILES string of the molecule is [2H]C([2H])([2H])N1C(=O)c2cccc(OC(F)F)c2[C@H]2C[C@@H]1c1nn3cc(C)c(-c4cnc(C5(N)CCC5)nc4)nc3c12. The van der Waals surface area contributed by atoms with Crippen LogP contribution in [0.4, 0.5) is 8.78 Å². The Morgan fingerprint density at radius 2 is 2.03 bits per heavy atom. The van der Waals surface area contributed by atoms with Crippen LogP contribution in [0.5, 0.6) is 5.75 Å². The van der Waals surface area contributed by atoms with Crippen molar-refractivity contribution >= 4 is 11.6 Å². The molecule has 4 heterocycles. The summed E-state index contributed by atoms with van der Waals surface area (Å²) in [4.78, 5) is 28.4. The predicted octanol–water partition coefficient (Wildman–Crippen LogP) is 4.10. The van der Waals surface area contributed by atoms with Gasteiger partial charge in [-0.1, -0.05) is 6.07 Å². The molecule has 194 valence electrons. The lowest BCUT2D eigenvalue weighted by molar-refractivity contribution is -0.0505. The average molecular weight is 521 g/mol. The molecule has 3 aromatic heterocycles. The van der Waals surface area contributed by atoms with E-state index in [1.165, 1.54) is 18.2 Å². The van der Waals surface area contributed by atoms with Gasteiger partial charge < -0.3 is 15.4 Å². The van der Waals surface area contributed by atoms with Crippen LogP contribution in [-0.2, 0) is 5.54 Å². The zero-order chi connectivity index (χ0) is 28.8.